The predicted octanol–water partition coefficient (Wildman–Crippen LogP) is 2.17. The summed E-state index contributed by atoms with van der Waals surface area (Å²) in [6.45, 7) is 8.09. The molecule has 1 N–H and O–H groups in total. The molecule has 1 aromatic carbocycles. The first-order valence-corrected chi connectivity index (χ1v) is 6.52. The molecule has 0 aromatic heterocycles. The first kappa shape index (κ1) is 11.5. The molecule has 0 spiro atoms. The third-order valence-corrected chi connectivity index (χ3v) is 3.86. The smallest absolute Gasteiger partial charge is 0.259 e. The van der Waals surface area contributed by atoms with Gasteiger partial charge in [0.2, 0.25) is 0 Å². The van der Waals surface area contributed by atoms with Crippen molar-refractivity contribution in [1.82, 2.24) is 10.2 Å². The summed E-state index contributed by atoms with van der Waals surface area (Å²) in [4.78, 5) is 14.3. The lowest BCUT2D eigenvalue weighted by Gasteiger charge is -2.32. The van der Waals surface area contributed by atoms with Crippen LogP contribution < -0.4 is 5.32 Å². The largest absolute Gasteiger partial charge is 0.315 e. The van der Waals surface area contributed by atoms with Crippen molar-refractivity contribution in [2.45, 2.75) is 25.8 Å². The highest BCUT2D eigenvalue weighted by Crippen LogP contribution is 2.34. The number of rotatable bonds is 1. The molecule has 0 saturated carbocycles. The summed E-state index contributed by atoms with van der Waals surface area (Å²) in [5, 5.41) is 3.36. The van der Waals surface area contributed by atoms with Crippen molar-refractivity contribution in [2.24, 2.45) is 0 Å². The Morgan fingerprint density at radius 3 is 2.94 bits per heavy atom. The van der Waals surface area contributed by atoms with Crippen molar-refractivity contribution in [3.63, 3.8) is 0 Å². The second kappa shape index (κ2) is 4.25. The normalized spacial score (nSPS) is 23.4. The average Bonchev–Trinajstić information content (AvgIpc) is 2.63. The van der Waals surface area contributed by atoms with Crippen LogP contribution >= 0.6 is 0 Å². The highest BCUT2D eigenvalue weighted by molar-refractivity contribution is 6.09. The zero-order chi connectivity index (χ0) is 12.7. The van der Waals surface area contributed by atoms with Crippen LogP contribution in [0, 0.1) is 6.92 Å². The average molecular weight is 242 g/mol. The van der Waals surface area contributed by atoms with E-state index in [2.05, 4.69) is 18.0 Å². The van der Waals surface area contributed by atoms with Gasteiger partial charge in [-0.15, -0.1) is 0 Å². The molecule has 3 rings (SSSR count). The van der Waals surface area contributed by atoms with Crippen molar-refractivity contribution in [1.29, 1.82) is 0 Å². The van der Waals surface area contributed by atoms with Crippen LogP contribution in [0.3, 0.4) is 0 Å². The van der Waals surface area contributed by atoms with Crippen LogP contribution in [0.15, 0.2) is 24.8 Å². The number of carbonyl (C=O) groups excluding carboxylic acids is 1. The second-order valence-corrected chi connectivity index (χ2v) is 5.17. The number of hydrogen-bond donors (Lipinski definition) is 1. The molecule has 1 atom stereocenters. The van der Waals surface area contributed by atoms with E-state index in [1.807, 2.05) is 24.0 Å². The number of piperidine rings is 1. The molecule has 18 heavy (non-hydrogen) atoms. The first-order chi connectivity index (χ1) is 8.68. The molecular weight excluding hydrogens is 224 g/mol. The van der Waals surface area contributed by atoms with E-state index in [1.54, 1.807) is 0 Å². The van der Waals surface area contributed by atoms with Crippen molar-refractivity contribution in [3.05, 3.63) is 41.5 Å². The zero-order valence-corrected chi connectivity index (χ0v) is 10.7. The van der Waals surface area contributed by atoms with Crippen LogP contribution in [0.1, 0.15) is 34.3 Å². The fourth-order valence-electron chi connectivity index (χ4n) is 2.91. The number of nitrogens with zero attached hydrogens (tertiary/aromatic N) is 1. The van der Waals surface area contributed by atoms with Gasteiger partial charge in [-0.2, -0.15) is 0 Å². The topological polar surface area (TPSA) is 32.3 Å². The number of hydrogen-bond acceptors (Lipinski definition) is 2. The van der Waals surface area contributed by atoms with Crippen LogP contribution in [-0.4, -0.2) is 29.9 Å². The fraction of sp³-hybridized carbons (Fsp3) is 0.400. The van der Waals surface area contributed by atoms with Crippen LogP contribution in [0.4, 0.5) is 0 Å². The molecule has 94 valence electrons. The van der Waals surface area contributed by atoms with Gasteiger partial charge < -0.3 is 10.2 Å². The Morgan fingerprint density at radius 2 is 2.22 bits per heavy atom. The summed E-state index contributed by atoms with van der Waals surface area (Å²) in [5.41, 5.74) is 3.85. The minimum absolute atomic E-state index is 0.115. The Kier molecular flexibility index (Phi) is 2.71. The first-order valence-electron chi connectivity index (χ1n) is 6.52. The van der Waals surface area contributed by atoms with E-state index in [-0.39, 0.29) is 11.9 Å². The number of benzene rings is 1. The zero-order valence-electron chi connectivity index (χ0n) is 10.7. The van der Waals surface area contributed by atoms with Gasteiger partial charge in [0.05, 0.1) is 0 Å². The minimum atomic E-state index is 0.115. The maximum Gasteiger partial charge on any atom is 0.259 e. The fourth-order valence-corrected chi connectivity index (χ4v) is 2.91. The molecule has 1 unspecified atom stereocenters. The molecule has 1 saturated heterocycles. The number of aryl methyl sites for hydroxylation is 1. The third kappa shape index (κ3) is 1.66. The molecule has 1 aromatic rings. The standard InChI is InChI=1S/C15H18N2O/c1-10-5-6-13-14(8-10)11(2)17(15(13)18)12-4-3-7-16-9-12/h5-6,8,12,16H,2-4,7,9H2,1H3. The van der Waals surface area contributed by atoms with Gasteiger partial charge in [-0.05, 0) is 38.4 Å². The molecule has 2 aliphatic heterocycles. The Balaban J connectivity index is 1.96. The number of carbonyl (C=O) groups is 1. The molecule has 3 nitrogen and oxygen atoms in total. The lowest BCUT2D eigenvalue weighted by Crippen LogP contribution is -2.45. The van der Waals surface area contributed by atoms with E-state index in [0.29, 0.717) is 0 Å². The Morgan fingerprint density at radius 1 is 1.39 bits per heavy atom. The van der Waals surface area contributed by atoms with Gasteiger partial charge in [-0.25, -0.2) is 0 Å². The molecule has 3 heteroatoms. The SMILES string of the molecule is C=C1c2cc(C)ccc2C(=O)N1C1CCCNC1. The Hall–Kier alpha value is -1.61. The predicted molar refractivity (Wildman–Crippen MR) is 72.3 cm³/mol. The minimum Gasteiger partial charge on any atom is -0.315 e. The van der Waals surface area contributed by atoms with Crippen LogP contribution in [0.25, 0.3) is 5.70 Å². The van der Waals surface area contributed by atoms with Gasteiger partial charge >= 0.3 is 0 Å². The second-order valence-electron chi connectivity index (χ2n) is 5.17. The third-order valence-electron chi connectivity index (χ3n) is 3.86. The van der Waals surface area contributed by atoms with E-state index in [1.165, 1.54) is 5.56 Å². The maximum atomic E-state index is 12.5. The lowest BCUT2D eigenvalue weighted by molar-refractivity contribution is 0.0786. The molecule has 0 radical (unpaired) electrons. The van der Waals surface area contributed by atoms with E-state index in [9.17, 15) is 4.79 Å². The maximum absolute atomic E-state index is 12.5. The number of amides is 1. The lowest BCUT2D eigenvalue weighted by atomic mass is 10.1. The van der Waals surface area contributed by atoms with E-state index in [4.69, 9.17) is 0 Å². The van der Waals surface area contributed by atoms with Crippen molar-refractivity contribution >= 4 is 11.6 Å². The van der Waals surface area contributed by atoms with Crippen LogP contribution in [-0.2, 0) is 0 Å². The van der Waals surface area contributed by atoms with Crippen molar-refractivity contribution in [3.8, 4) is 0 Å². The van der Waals surface area contributed by atoms with Gasteiger partial charge in [0, 0.05) is 29.4 Å². The Bertz CT molecular complexity index is 515. The summed E-state index contributed by atoms with van der Waals surface area (Å²) in [5.74, 6) is 0.115. The van der Waals surface area contributed by atoms with E-state index >= 15 is 0 Å². The molecule has 1 fully saturated rings. The van der Waals surface area contributed by atoms with Gasteiger partial charge in [-0.3, -0.25) is 4.79 Å². The van der Waals surface area contributed by atoms with E-state index in [0.717, 1.165) is 42.8 Å². The summed E-state index contributed by atoms with van der Waals surface area (Å²) < 4.78 is 0. The van der Waals surface area contributed by atoms with E-state index < -0.39 is 0 Å². The quantitative estimate of drug-likeness (QED) is 0.818. The monoisotopic (exact) mass is 242 g/mol. The molecule has 2 aliphatic rings. The summed E-state index contributed by atoms with van der Waals surface area (Å²) in [7, 11) is 0. The molecule has 1 amide bonds. The number of fused-ring (bicyclic) bond motifs is 1. The van der Waals surface area contributed by atoms with Gasteiger partial charge in [0.15, 0.2) is 0 Å². The van der Waals surface area contributed by atoms with Crippen molar-refractivity contribution < 1.29 is 4.79 Å². The highest BCUT2D eigenvalue weighted by Gasteiger charge is 2.36. The van der Waals surface area contributed by atoms with Crippen LogP contribution in [0.5, 0.6) is 0 Å². The van der Waals surface area contributed by atoms with Crippen LogP contribution in [0.2, 0.25) is 0 Å². The van der Waals surface area contributed by atoms with Gasteiger partial charge in [0.1, 0.15) is 0 Å². The summed E-state index contributed by atoms with van der Waals surface area (Å²) in [6.07, 6.45) is 2.18. The van der Waals surface area contributed by atoms with Gasteiger partial charge in [0.25, 0.3) is 5.91 Å². The summed E-state index contributed by atoms with van der Waals surface area (Å²) in [6, 6.07) is 6.24. The molecule has 2 heterocycles. The molecule has 0 bridgehead atoms. The summed E-state index contributed by atoms with van der Waals surface area (Å²) >= 11 is 0. The number of nitrogens with one attached hydrogen (secondary N) is 1. The molecule has 0 aliphatic carbocycles. The van der Waals surface area contributed by atoms with Crippen molar-refractivity contribution in [2.75, 3.05) is 13.1 Å². The molecular formula is C15H18N2O. The highest BCUT2D eigenvalue weighted by atomic mass is 16.2. The van der Waals surface area contributed by atoms with Gasteiger partial charge in [-0.1, -0.05) is 18.2 Å². The Labute approximate surface area is 107 Å².